The quantitative estimate of drug-likeness (QED) is 0.280. The predicted octanol–water partition coefficient (Wildman–Crippen LogP) is 5.92. The van der Waals surface area contributed by atoms with Gasteiger partial charge in [0.2, 0.25) is 0 Å². The van der Waals surface area contributed by atoms with Crippen LogP contribution in [0, 0.1) is 13.8 Å². The van der Waals surface area contributed by atoms with Crippen molar-refractivity contribution < 1.29 is 4.42 Å². The standard InChI is InChI=1S/C29H31ClN6O2/c1-18-12-13-19(2)25-22(18)15-23(28(37)31-25)26(27-32-33-34-36(27)29(3,4)5)35(17-21-10-8-14-38-21)16-20-9-6-7-11-24(20)30/h6-15,26H,16-17H2,1-5H3,(H,31,37)/t26-/m1/s1. The summed E-state index contributed by atoms with van der Waals surface area (Å²) >= 11 is 6.61. The molecule has 3 heterocycles. The zero-order valence-corrected chi connectivity index (χ0v) is 23.0. The van der Waals surface area contributed by atoms with Crippen LogP contribution in [0.1, 0.15) is 60.7 Å². The van der Waals surface area contributed by atoms with Crippen LogP contribution < -0.4 is 5.56 Å². The molecule has 0 unspecified atom stereocenters. The molecule has 9 heteroatoms. The number of H-pyrrole nitrogens is 1. The monoisotopic (exact) mass is 530 g/mol. The van der Waals surface area contributed by atoms with E-state index in [9.17, 15) is 4.79 Å². The second-order valence-corrected chi connectivity index (χ2v) is 11.0. The molecule has 3 aromatic heterocycles. The summed E-state index contributed by atoms with van der Waals surface area (Å²) in [7, 11) is 0. The third-order valence-electron chi connectivity index (χ3n) is 6.78. The number of nitrogens with zero attached hydrogens (tertiary/aromatic N) is 5. The third kappa shape index (κ3) is 5.01. The Morgan fingerprint density at radius 1 is 1.05 bits per heavy atom. The van der Waals surface area contributed by atoms with E-state index < -0.39 is 11.6 Å². The minimum Gasteiger partial charge on any atom is -0.468 e. The van der Waals surface area contributed by atoms with E-state index in [1.54, 1.807) is 10.9 Å². The molecule has 1 atom stereocenters. The van der Waals surface area contributed by atoms with Gasteiger partial charge in [-0.2, -0.15) is 0 Å². The number of aromatic nitrogens is 5. The highest BCUT2D eigenvalue weighted by atomic mass is 35.5. The van der Waals surface area contributed by atoms with Crippen molar-refractivity contribution in [1.29, 1.82) is 0 Å². The molecule has 0 spiro atoms. The fourth-order valence-electron chi connectivity index (χ4n) is 4.82. The Morgan fingerprint density at radius 3 is 2.53 bits per heavy atom. The number of pyridine rings is 1. The number of hydrogen-bond donors (Lipinski definition) is 1. The molecule has 5 rings (SSSR count). The summed E-state index contributed by atoms with van der Waals surface area (Å²) < 4.78 is 7.53. The molecule has 0 amide bonds. The number of hydrogen-bond acceptors (Lipinski definition) is 6. The van der Waals surface area contributed by atoms with Gasteiger partial charge >= 0.3 is 0 Å². The minimum atomic E-state index is -0.598. The van der Waals surface area contributed by atoms with Crippen LogP contribution in [0.3, 0.4) is 0 Å². The Balaban J connectivity index is 1.77. The molecule has 0 radical (unpaired) electrons. The van der Waals surface area contributed by atoms with Crippen LogP contribution in [0.2, 0.25) is 5.02 Å². The molecule has 0 bridgehead atoms. The smallest absolute Gasteiger partial charge is 0.253 e. The topological polar surface area (TPSA) is 92.8 Å². The maximum atomic E-state index is 13.8. The van der Waals surface area contributed by atoms with E-state index in [0.717, 1.165) is 33.4 Å². The first kappa shape index (κ1) is 25.9. The number of furan rings is 1. The number of nitrogens with one attached hydrogen (secondary N) is 1. The lowest BCUT2D eigenvalue weighted by Crippen LogP contribution is -2.37. The maximum Gasteiger partial charge on any atom is 0.253 e. The van der Waals surface area contributed by atoms with Gasteiger partial charge in [0.25, 0.3) is 5.56 Å². The van der Waals surface area contributed by atoms with Gasteiger partial charge in [-0.25, -0.2) is 4.68 Å². The van der Waals surface area contributed by atoms with Crippen molar-refractivity contribution >= 4 is 22.5 Å². The maximum absolute atomic E-state index is 13.8. The van der Waals surface area contributed by atoms with Crippen molar-refractivity contribution in [3.63, 3.8) is 0 Å². The number of rotatable bonds is 7. The second-order valence-electron chi connectivity index (χ2n) is 10.6. The summed E-state index contributed by atoms with van der Waals surface area (Å²) in [6, 6.07) is 16.9. The number of halogens is 1. The van der Waals surface area contributed by atoms with Gasteiger partial charge in [-0.15, -0.1) is 5.10 Å². The molecule has 0 fully saturated rings. The van der Waals surface area contributed by atoms with Gasteiger partial charge in [0.15, 0.2) is 5.82 Å². The normalized spacial score (nSPS) is 12.9. The first-order valence-electron chi connectivity index (χ1n) is 12.5. The molecular weight excluding hydrogens is 500 g/mol. The van der Waals surface area contributed by atoms with Gasteiger partial charge in [0.05, 0.1) is 23.9 Å². The number of aryl methyl sites for hydroxylation is 2. The number of tetrazole rings is 1. The first-order valence-corrected chi connectivity index (χ1v) is 12.9. The molecule has 0 saturated heterocycles. The van der Waals surface area contributed by atoms with E-state index in [0.29, 0.717) is 29.5 Å². The van der Waals surface area contributed by atoms with Gasteiger partial charge in [-0.1, -0.05) is 41.9 Å². The molecule has 0 saturated carbocycles. The van der Waals surface area contributed by atoms with Crippen molar-refractivity contribution in [2.75, 3.05) is 0 Å². The van der Waals surface area contributed by atoms with Gasteiger partial charge in [-0.05, 0) is 86.0 Å². The van der Waals surface area contributed by atoms with E-state index in [1.807, 2.05) is 83.1 Å². The average molecular weight is 531 g/mol. The lowest BCUT2D eigenvalue weighted by Gasteiger charge is -2.32. The summed E-state index contributed by atoms with van der Waals surface area (Å²) in [6.45, 7) is 11.0. The van der Waals surface area contributed by atoms with Crippen molar-refractivity contribution in [3.8, 4) is 0 Å². The van der Waals surface area contributed by atoms with E-state index in [-0.39, 0.29) is 5.56 Å². The highest BCUT2D eigenvalue weighted by molar-refractivity contribution is 6.31. The SMILES string of the molecule is Cc1ccc(C)c2[nH]c(=O)c([C@H](c3nnnn3C(C)(C)C)N(Cc3ccco3)Cc3ccccc3Cl)cc12. The lowest BCUT2D eigenvalue weighted by molar-refractivity contribution is 0.171. The summed E-state index contributed by atoms with van der Waals surface area (Å²) in [6.07, 6.45) is 1.65. The van der Waals surface area contributed by atoms with E-state index in [1.165, 1.54) is 0 Å². The van der Waals surface area contributed by atoms with Crippen LogP contribution in [-0.2, 0) is 18.6 Å². The molecule has 0 aliphatic carbocycles. The molecule has 0 aliphatic rings. The summed E-state index contributed by atoms with van der Waals surface area (Å²) in [5, 5.41) is 14.5. The van der Waals surface area contributed by atoms with Crippen molar-refractivity contribution in [2.24, 2.45) is 0 Å². The number of benzene rings is 2. The van der Waals surface area contributed by atoms with Crippen LogP contribution in [0.25, 0.3) is 10.9 Å². The first-order chi connectivity index (χ1) is 18.1. The fraction of sp³-hybridized carbons (Fsp3) is 0.310. The second kappa shape index (κ2) is 10.2. The van der Waals surface area contributed by atoms with E-state index >= 15 is 0 Å². The van der Waals surface area contributed by atoms with Crippen LogP contribution in [-0.4, -0.2) is 30.1 Å². The lowest BCUT2D eigenvalue weighted by atomic mass is 9.98. The number of aromatic amines is 1. The Bertz CT molecular complexity index is 1630. The van der Waals surface area contributed by atoms with Gasteiger partial charge in [-0.3, -0.25) is 9.69 Å². The largest absolute Gasteiger partial charge is 0.468 e. The predicted molar refractivity (Wildman–Crippen MR) is 148 cm³/mol. The summed E-state index contributed by atoms with van der Waals surface area (Å²) in [4.78, 5) is 19.1. The van der Waals surface area contributed by atoms with Crippen LogP contribution in [0.15, 0.2) is 70.1 Å². The average Bonchev–Trinajstić information content (AvgIpc) is 3.56. The molecule has 5 aromatic rings. The highest BCUT2D eigenvalue weighted by Crippen LogP contribution is 2.33. The van der Waals surface area contributed by atoms with Crippen LogP contribution in [0.4, 0.5) is 0 Å². The number of fused-ring (bicyclic) bond motifs is 1. The Kier molecular flexibility index (Phi) is 6.94. The van der Waals surface area contributed by atoms with Gasteiger partial charge in [0.1, 0.15) is 11.8 Å². The van der Waals surface area contributed by atoms with Gasteiger partial charge < -0.3 is 9.40 Å². The Hall–Kier alpha value is -3.75. The molecule has 0 aliphatic heterocycles. The summed E-state index contributed by atoms with van der Waals surface area (Å²) in [5.74, 6) is 1.31. The molecule has 38 heavy (non-hydrogen) atoms. The molecular formula is C29H31ClN6O2. The molecule has 2 aromatic carbocycles. The fourth-order valence-corrected chi connectivity index (χ4v) is 5.02. The minimum absolute atomic E-state index is 0.191. The van der Waals surface area contributed by atoms with Crippen molar-refractivity contribution in [1.82, 2.24) is 30.1 Å². The zero-order chi connectivity index (χ0) is 27.0. The van der Waals surface area contributed by atoms with Crippen LogP contribution in [0.5, 0.6) is 0 Å². The van der Waals surface area contributed by atoms with E-state index in [2.05, 4.69) is 31.5 Å². The van der Waals surface area contributed by atoms with Crippen molar-refractivity contribution in [3.05, 3.63) is 110 Å². The van der Waals surface area contributed by atoms with Crippen molar-refractivity contribution in [2.45, 2.75) is 59.3 Å². The summed E-state index contributed by atoms with van der Waals surface area (Å²) in [5.41, 5.74) is 3.76. The van der Waals surface area contributed by atoms with Crippen LogP contribution >= 0.6 is 11.6 Å². The Labute approximate surface area is 226 Å². The molecule has 196 valence electrons. The Morgan fingerprint density at radius 2 is 1.82 bits per heavy atom. The van der Waals surface area contributed by atoms with Gasteiger partial charge in [0, 0.05) is 22.5 Å². The van der Waals surface area contributed by atoms with E-state index in [4.69, 9.17) is 16.0 Å². The molecule has 1 N–H and O–H groups in total. The third-order valence-corrected chi connectivity index (χ3v) is 7.14. The molecule has 8 nitrogen and oxygen atoms in total. The zero-order valence-electron chi connectivity index (χ0n) is 22.2. The highest BCUT2D eigenvalue weighted by Gasteiger charge is 2.34.